The van der Waals surface area contributed by atoms with Crippen LogP contribution in [0.2, 0.25) is 0 Å². The molecule has 0 radical (unpaired) electrons. The van der Waals surface area contributed by atoms with Crippen molar-refractivity contribution < 1.29 is 9.47 Å². The number of fused-ring (bicyclic) bond motifs is 3. The molecule has 27 heavy (non-hydrogen) atoms. The Balaban J connectivity index is 1.61. The molecule has 0 aliphatic carbocycles. The SMILES string of the molecule is CC[C@@]1(C)Cc2c(sc3nc(SC)nc(NCCN4CCOCC4)c23)CO1. The molecule has 8 heteroatoms. The molecule has 2 aliphatic heterocycles. The van der Waals surface area contributed by atoms with Crippen LogP contribution in [0.15, 0.2) is 5.16 Å². The van der Waals surface area contributed by atoms with Gasteiger partial charge in [0.1, 0.15) is 10.6 Å². The summed E-state index contributed by atoms with van der Waals surface area (Å²) in [5.74, 6) is 0.982. The van der Waals surface area contributed by atoms with Gasteiger partial charge in [0.2, 0.25) is 0 Å². The van der Waals surface area contributed by atoms with Gasteiger partial charge in [-0.05, 0) is 25.2 Å². The van der Waals surface area contributed by atoms with Crippen molar-refractivity contribution in [2.75, 3.05) is 51.0 Å². The number of hydrogen-bond acceptors (Lipinski definition) is 8. The van der Waals surface area contributed by atoms with E-state index in [4.69, 9.17) is 19.4 Å². The maximum atomic E-state index is 6.15. The Morgan fingerprint density at radius 3 is 2.85 bits per heavy atom. The molecule has 0 aromatic carbocycles. The first-order valence-corrected chi connectivity index (χ1v) is 11.7. The van der Waals surface area contributed by atoms with E-state index in [1.165, 1.54) is 15.8 Å². The fourth-order valence-corrected chi connectivity index (χ4v) is 5.18. The predicted molar refractivity (Wildman–Crippen MR) is 112 cm³/mol. The molecule has 1 N–H and O–H groups in total. The minimum absolute atomic E-state index is 0.0930. The zero-order valence-corrected chi connectivity index (χ0v) is 18.0. The first kappa shape index (κ1) is 19.4. The lowest BCUT2D eigenvalue weighted by atomic mass is 9.90. The molecule has 1 fully saturated rings. The van der Waals surface area contributed by atoms with Gasteiger partial charge in [-0.1, -0.05) is 18.7 Å². The van der Waals surface area contributed by atoms with Gasteiger partial charge in [-0.15, -0.1) is 11.3 Å². The molecule has 148 valence electrons. The number of thioether (sulfide) groups is 1. The van der Waals surface area contributed by atoms with Gasteiger partial charge in [0.05, 0.1) is 30.8 Å². The Kier molecular flexibility index (Phi) is 5.89. The van der Waals surface area contributed by atoms with Gasteiger partial charge in [0.15, 0.2) is 5.16 Å². The van der Waals surface area contributed by atoms with Gasteiger partial charge in [-0.2, -0.15) is 0 Å². The number of morpholine rings is 1. The summed E-state index contributed by atoms with van der Waals surface area (Å²) in [6.45, 7) is 10.7. The van der Waals surface area contributed by atoms with Crippen LogP contribution in [-0.4, -0.2) is 66.1 Å². The molecule has 2 aliphatic rings. The summed E-state index contributed by atoms with van der Waals surface area (Å²) in [5.41, 5.74) is 1.29. The Morgan fingerprint density at radius 2 is 2.11 bits per heavy atom. The molecular formula is C19H28N4O2S2. The van der Waals surface area contributed by atoms with Crippen LogP contribution in [0.5, 0.6) is 0 Å². The van der Waals surface area contributed by atoms with Crippen LogP contribution in [0.3, 0.4) is 0 Å². The lowest BCUT2D eigenvalue weighted by Crippen LogP contribution is -2.39. The maximum Gasteiger partial charge on any atom is 0.190 e. The standard InChI is InChI=1S/C19H28N4O2S2/c1-4-19(2)11-13-14(12-25-19)27-17-15(13)16(21-18(22-17)26-3)20-5-6-23-7-9-24-10-8-23/h4-12H2,1-3H3,(H,20,21,22)/t19-/m0/s1. The second-order valence-electron chi connectivity index (χ2n) is 7.39. The van der Waals surface area contributed by atoms with E-state index in [9.17, 15) is 0 Å². The van der Waals surface area contributed by atoms with E-state index >= 15 is 0 Å². The van der Waals surface area contributed by atoms with Gasteiger partial charge in [0.25, 0.3) is 0 Å². The molecule has 0 bridgehead atoms. The first-order chi connectivity index (χ1) is 13.1. The summed E-state index contributed by atoms with van der Waals surface area (Å²) in [6, 6.07) is 0. The maximum absolute atomic E-state index is 6.15. The van der Waals surface area contributed by atoms with Crippen molar-refractivity contribution in [3.8, 4) is 0 Å². The number of aromatic nitrogens is 2. The van der Waals surface area contributed by atoms with Crippen LogP contribution in [0, 0.1) is 0 Å². The quantitative estimate of drug-likeness (QED) is 0.581. The van der Waals surface area contributed by atoms with Crippen molar-refractivity contribution in [3.63, 3.8) is 0 Å². The fourth-order valence-electron chi connectivity index (χ4n) is 3.66. The lowest BCUT2D eigenvalue weighted by Gasteiger charge is -2.33. The Labute approximate surface area is 169 Å². The van der Waals surface area contributed by atoms with Crippen LogP contribution < -0.4 is 5.32 Å². The van der Waals surface area contributed by atoms with Gasteiger partial charge in [-0.3, -0.25) is 4.90 Å². The van der Waals surface area contributed by atoms with Crippen molar-refractivity contribution in [1.82, 2.24) is 14.9 Å². The number of nitrogens with one attached hydrogen (secondary N) is 1. The van der Waals surface area contributed by atoms with E-state index in [0.717, 1.165) is 68.0 Å². The molecule has 6 nitrogen and oxygen atoms in total. The predicted octanol–water partition coefficient (Wildman–Crippen LogP) is 3.40. The minimum atomic E-state index is -0.0930. The summed E-state index contributed by atoms with van der Waals surface area (Å²) >= 11 is 3.36. The lowest BCUT2D eigenvalue weighted by molar-refractivity contribution is -0.0542. The Hall–Kier alpha value is -0.930. The topological polar surface area (TPSA) is 59.5 Å². The molecular weight excluding hydrogens is 380 g/mol. The van der Waals surface area contributed by atoms with Crippen molar-refractivity contribution >= 4 is 39.1 Å². The molecule has 0 unspecified atom stereocenters. The summed E-state index contributed by atoms with van der Waals surface area (Å²) in [4.78, 5) is 14.4. The smallest absolute Gasteiger partial charge is 0.190 e. The number of thiophene rings is 1. The molecule has 2 aromatic rings. The third kappa shape index (κ3) is 4.10. The largest absolute Gasteiger partial charge is 0.379 e. The van der Waals surface area contributed by atoms with Crippen LogP contribution >= 0.6 is 23.1 Å². The van der Waals surface area contributed by atoms with E-state index < -0.39 is 0 Å². The third-order valence-electron chi connectivity index (χ3n) is 5.57. The van der Waals surface area contributed by atoms with Gasteiger partial charge in [-0.25, -0.2) is 9.97 Å². The van der Waals surface area contributed by atoms with Crippen molar-refractivity contribution in [1.29, 1.82) is 0 Å². The molecule has 0 amide bonds. The summed E-state index contributed by atoms with van der Waals surface area (Å²) < 4.78 is 11.6. The second-order valence-corrected chi connectivity index (χ2v) is 9.25. The number of rotatable bonds is 6. The van der Waals surface area contributed by atoms with Crippen LogP contribution in [0.1, 0.15) is 30.7 Å². The van der Waals surface area contributed by atoms with E-state index in [2.05, 4.69) is 24.1 Å². The van der Waals surface area contributed by atoms with Crippen molar-refractivity contribution in [2.45, 2.75) is 44.1 Å². The van der Waals surface area contributed by atoms with Crippen molar-refractivity contribution in [3.05, 3.63) is 10.4 Å². The summed E-state index contributed by atoms with van der Waals surface area (Å²) in [6.07, 6.45) is 3.97. The average molecular weight is 409 g/mol. The van der Waals surface area contributed by atoms with E-state index in [-0.39, 0.29) is 5.60 Å². The van der Waals surface area contributed by atoms with E-state index in [0.29, 0.717) is 6.61 Å². The average Bonchev–Trinajstić information content (AvgIpc) is 3.06. The first-order valence-electron chi connectivity index (χ1n) is 9.66. The number of anilines is 1. The highest BCUT2D eigenvalue weighted by Gasteiger charge is 2.33. The monoisotopic (exact) mass is 408 g/mol. The van der Waals surface area contributed by atoms with Crippen LogP contribution in [0.4, 0.5) is 5.82 Å². The highest BCUT2D eigenvalue weighted by Crippen LogP contribution is 2.42. The molecule has 0 spiro atoms. The normalized spacial score (nSPS) is 23.5. The highest BCUT2D eigenvalue weighted by atomic mass is 32.2. The third-order valence-corrected chi connectivity index (χ3v) is 7.22. The highest BCUT2D eigenvalue weighted by molar-refractivity contribution is 7.98. The fraction of sp³-hybridized carbons (Fsp3) is 0.684. The van der Waals surface area contributed by atoms with E-state index in [1.54, 1.807) is 23.1 Å². The van der Waals surface area contributed by atoms with Gasteiger partial charge >= 0.3 is 0 Å². The Bertz CT molecular complexity index is 807. The number of ether oxygens (including phenoxy) is 2. The molecule has 4 heterocycles. The molecule has 1 saturated heterocycles. The van der Waals surface area contributed by atoms with E-state index in [1.807, 2.05) is 6.26 Å². The molecule has 4 rings (SSSR count). The van der Waals surface area contributed by atoms with Gasteiger partial charge in [0, 0.05) is 37.5 Å². The summed E-state index contributed by atoms with van der Waals surface area (Å²) in [5, 5.41) is 5.64. The zero-order valence-electron chi connectivity index (χ0n) is 16.3. The van der Waals surface area contributed by atoms with Crippen LogP contribution in [-0.2, 0) is 22.5 Å². The number of nitrogens with zero attached hydrogens (tertiary/aromatic N) is 3. The minimum Gasteiger partial charge on any atom is -0.379 e. The second kappa shape index (κ2) is 8.21. The summed E-state index contributed by atoms with van der Waals surface area (Å²) in [7, 11) is 0. The van der Waals surface area contributed by atoms with Gasteiger partial charge < -0.3 is 14.8 Å². The Morgan fingerprint density at radius 1 is 1.30 bits per heavy atom. The van der Waals surface area contributed by atoms with Crippen LogP contribution in [0.25, 0.3) is 10.2 Å². The molecule has 2 aromatic heterocycles. The molecule has 0 saturated carbocycles. The zero-order chi connectivity index (χ0) is 18.9. The number of hydrogen-bond donors (Lipinski definition) is 1. The molecule has 1 atom stereocenters. The van der Waals surface area contributed by atoms with Crippen molar-refractivity contribution in [2.24, 2.45) is 0 Å².